The summed E-state index contributed by atoms with van der Waals surface area (Å²) in [7, 11) is 0. The van der Waals surface area contributed by atoms with Crippen LogP contribution in [0.4, 0.5) is 0 Å². The number of hydrogen-bond acceptors (Lipinski definition) is 4. The van der Waals surface area contributed by atoms with E-state index in [1.54, 1.807) is 6.92 Å². The maximum atomic E-state index is 12.0. The van der Waals surface area contributed by atoms with Crippen LogP contribution in [0.25, 0.3) is 0 Å². The monoisotopic (exact) mass is 287 g/mol. The van der Waals surface area contributed by atoms with Crippen molar-refractivity contribution in [2.45, 2.75) is 39.0 Å². The summed E-state index contributed by atoms with van der Waals surface area (Å²) in [5, 5.41) is 6.85. The van der Waals surface area contributed by atoms with Crippen LogP contribution >= 0.6 is 23.1 Å². The van der Waals surface area contributed by atoms with Crippen LogP contribution in [0.15, 0.2) is 0 Å². The van der Waals surface area contributed by atoms with Gasteiger partial charge in [-0.2, -0.15) is 0 Å². The molecular formula is C12H18ClN3OS. The van der Waals surface area contributed by atoms with Crippen LogP contribution in [0.1, 0.15) is 47.5 Å². The fourth-order valence-electron chi connectivity index (χ4n) is 2.45. The van der Waals surface area contributed by atoms with Crippen molar-refractivity contribution in [3.8, 4) is 0 Å². The van der Waals surface area contributed by atoms with Crippen molar-refractivity contribution in [3.63, 3.8) is 0 Å². The molecule has 1 aromatic rings. The predicted molar refractivity (Wildman–Crippen MR) is 73.2 cm³/mol. The first kappa shape index (κ1) is 13.7. The van der Waals surface area contributed by atoms with Gasteiger partial charge < -0.3 is 5.32 Å². The molecule has 1 fully saturated rings. The van der Waals surface area contributed by atoms with Gasteiger partial charge in [-0.15, -0.1) is 16.7 Å². The topological polar surface area (TPSA) is 54.9 Å². The first-order chi connectivity index (χ1) is 8.67. The molecule has 0 radical (unpaired) electrons. The summed E-state index contributed by atoms with van der Waals surface area (Å²) < 4.78 is 3.78. The number of carbonyl (C=O) groups excluding carboxylic acids is 1. The van der Waals surface area contributed by atoms with Gasteiger partial charge in [-0.1, -0.05) is 23.8 Å². The van der Waals surface area contributed by atoms with E-state index in [9.17, 15) is 4.79 Å². The minimum Gasteiger partial charge on any atom is -0.351 e. The number of carbonyl (C=O) groups is 1. The number of nitrogens with zero attached hydrogens (tertiary/aromatic N) is 2. The molecule has 1 heterocycles. The normalized spacial score (nSPS) is 18.6. The van der Waals surface area contributed by atoms with Crippen LogP contribution in [0.3, 0.4) is 0 Å². The molecule has 1 N–H and O–H groups in total. The van der Waals surface area contributed by atoms with E-state index in [1.165, 1.54) is 19.3 Å². The van der Waals surface area contributed by atoms with Gasteiger partial charge in [0.1, 0.15) is 4.88 Å². The van der Waals surface area contributed by atoms with E-state index in [4.69, 9.17) is 11.6 Å². The first-order valence-corrected chi connectivity index (χ1v) is 7.61. The van der Waals surface area contributed by atoms with Gasteiger partial charge in [-0.3, -0.25) is 4.79 Å². The first-order valence-electron chi connectivity index (χ1n) is 6.30. The third-order valence-corrected chi connectivity index (χ3v) is 5.07. The molecule has 6 heteroatoms. The maximum Gasteiger partial charge on any atom is 0.264 e. The van der Waals surface area contributed by atoms with Gasteiger partial charge >= 0.3 is 0 Å². The number of rotatable bonds is 4. The Morgan fingerprint density at radius 3 is 2.72 bits per heavy atom. The highest BCUT2D eigenvalue weighted by molar-refractivity contribution is 7.07. The summed E-state index contributed by atoms with van der Waals surface area (Å²) >= 11 is 7.25. The van der Waals surface area contributed by atoms with E-state index in [0.29, 0.717) is 23.0 Å². The van der Waals surface area contributed by atoms with Crippen molar-refractivity contribution in [1.29, 1.82) is 0 Å². The van der Waals surface area contributed by atoms with Gasteiger partial charge in [-0.25, -0.2) is 0 Å². The molecule has 1 aliphatic carbocycles. The molecular weight excluding hydrogens is 270 g/mol. The fraction of sp³-hybridized carbons (Fsp3) is 0.750. The van der Waals surface area contributed by atoms with Crippen LogP contribution in [-0.2, 0) is 0 Å². The third kappa shape index (κ3) is 3.01. The molecule has 4 nitrogen and oxygen atoms in total. The van der Waals surface area contributed by atoms with Gasteiger partial charge in [0.25, 0.3) is 5.91 Å². The van der Waals surface area contributed by atoms with E-state index in [1.807, 2.05) is 0 Å². The summed E-state index contributed by atoms with van der Waals surface area (Å²) in [6.45, 7) is 2.46. The SMILES string of the molecule is Cc1nnsc1C(=O)NCC1(CCl)CCCCC1. The van der Waals surface area contributed by atoms with Crippen molar-refractivity contribution < 1.29 is 4.79 Å². The second kappa shape index (κ2) is 5.97. The smallest absolute Gasteiger partial charge is 0.264 e. The zero-order valence-electron chi connectivity index (χ0n) is 10.5. The average Bonchev–Trinajstić information content (AvgIpc) is 2.83. The van der Waals surface area contributed by atoms with Crippen molar-refractivity contribution in [2.24, 2.45) is 5.41 Å². The van der Waals surface area contributed by atoms with Crippen LogP contribution in [0.5, 0.6) is 0 Å². The molecule has 0 unspecified atom stereocenters. The summed E-state index contributed by atoms with van der Waals surface area (Å²) in [6.07, 6.45) is 5.92. The minimum absolute atomic E-state index is 0.0717. The molecule has 0 aromatic carbocycles. The summed E-state index contributed by atoms with van der Waals surface area (Å²) in [6, 6.07) is 0. The van der Waals surface area contributed by atoms with Crippen molar-refractivity contribution in [1.82, 2.24) is 14.9 Å². The van der Waals surface area contributed by atoms with Gasteiger partial charge in [0.05, 0.1) is 5.69 Å². The average molecular weight is 288 g/mol. The van der Waals surface area contributed by atoms with E-state index in [-0.39, 0.29) is 11.3 Å². The second-order valence-electron chi connectivity index (χ2n) is 5.06. The standard InChI is InChI=1S/C12H18ClN3OS/c1-9-10(18-16-15-9)11(17)14-8-12(7-13)5-3-2-4-6-12/h2-8H2,1H3,(H,14,17). The third-order valence-electron chi connectivity index (χ3n) is 3.68. The van der Waals surface area contributed by atoms with Gasteiger partial charge in [0.2, 0.25) is 0 Å². The zero-order chi connectivity index (χ0) is 13.0. The lowest BCUT2D eigenvalue weighted by atomic mass is 9.75. The van der Waals surface area contributed by atoms with Crippen LogP contribution < -0.4 is 5.32 Å². The fourth-order valence-corrected chi connectivity index (χ4v) is 3.38. The molecule has 18 heavy (non-hydrogen) atoms. The van der Waals surface area contributed by atoms with Crippen LogP contribution in [0.2, 0.25) is 0 Å². The molecule has 0 atom stereocenters. The van der Waals surface area contributed by atoms with E-state index in [2.05, 4.69) is 14.9 Å². The Morgan fingerprint density at radius 2 is 2.17 bits per heavy atom. The number of alkyl halides is 1. The Balaban J connectivity index is 1.94. The van der Waals surface area contributed by atoms with Gasteiger partial charge in [-0.05, 0) is 31.3 Å². The van der Waals surface area contributed by atoms with E-state index < -0.39 is 0 Å². The molecule has 0 spiro atoms. The lowest BCUT2D eigenvalue weighted by molar-refractivity contribution is 0.0924. The summed E-state index contributed by atoms with van der Waals surface area (Å²) in [5.74, 6) is 0.547. The van der Waals surface area contributed by atoms with Crippen LogP contribution in [0, 0.1) is 12.3 Å². The largest absolute Gasteiger partial charge is 0.351 e. The number of hydrogen-bond donors (Lipinski definition) is 1. The van der Waals surface area contributed by atoms with Crippen molar-refractivity contribution in [2.75, 3.05) is 12.4 Å². The minimum atomic E-state index is -0.0717. The Hall–Kier alpha value is -0.680. The Morgan fingerprint density at radius 1 is 1.44 bits per heavy atom. The molecule has 1 amide bonds. The number of aromatic nitrogens is 2. The number of aryl methyl sites for hydroxylation is 1. The summed E-state index contributed by atoms with van der Waals surface area (Å²) in [5.41, 5.74) is 0.780. The highest BCUT2D eigenvalue weighted by Gasteiger charge is 2.31. The highest BCUT2D eigenvalue weighted by atomic mass is 35.5. The molecule has 0 saturated heterocycles. The Bertz CT molecular complexity index is 415. The van der Waals surface area contributed by atoms with Crippen molar-refractivity contribution >= 4 is 29.0 Å². The zero-order valence-corrected chi connectivity index (χ0v) is 12.1. The molecule has 1 aliphatic rings. The Kier molecular flexibility index (Phi) is 4.56. The number of amides is 1. The summed E-state index contributed by atoms with van der Waals surface area (Å²) in [4.78, 5) is 12.6. The molecule has 100 valence electrons. The maximum absolute atomic E-state index is 12.0. The van der Waals surface area contributed by atoms with Gasteiger partial charge in [0.15, 0.2) is 0 Å². The molecule has 2 rings (SSSR count). The molecule has 1 saturated carbocycles. The lowest BCUT2D eigenvalue weighted by Gasteiger charge is -2.35. The molecule has 1 aromatic heterocycles. The van der Waals surface area contributed by atoms with E-state index in [0.717, 1.165) is 24.4 Å². The van der Waals surface area contributed by atoms with Crippen molar-refractivity contribution in [3.05, 3.63) is 10.6 Å². The Labute approximate surface area is 116 Å². The second-order valence-corrected chi connectivity index (χ2v) is 6.09. The lowest BCUT2D eigenvalue weighted by Crippen LogP contribution is -2.40. The highest BCUT2D eigenvalue weighted by Crippen LogP contribution is 2.36. The molecule has 0 bridgehead atoms. The van der Waals surface area contributed by atoms with Crippen LogP contribution in [-0.4, -0.2) is 27.9 Å². The predicted octanol–water partition coefficient (Wildman–Crippen LogP) is 2.77. The van der Waals surface area contributed by atoms with E-state index >= 15 is 0 Å². The molecule has 0 aliphatic heterocycles. The number of nitrogens with one attached hydrogen (secondary N) is 1. The van der Waals surface area contributed by atoms with Gasteiger partial charge in [0, 0.05) is 17.8 Å². The quantitative estimate of drug-likeness (QED) is 0.867. The number of halogens is 1.